The van der Waals surface area contributed by atoms with Crippen LogP contribution in [0.5, 0.6) is 0 Å². The Labute approximate surface area is 200 Å². The molecule has 0 heterocycles. The fourth-order valence-corrected chi connectivity index (χ4v) is 2.76. The number of benzene rings is 2. The first-order valence-electron chi connectivity index (χ1n) is 9.19. The molecule has 0 saturated carbocycles. The molecule has 0 radical (unpaired) electrons. The van der Waals surface area contributed by atoms with Gasteiger partial charge < -0.3 is 5.32 Å². The molecule has 0 amide bonds. The number of halogens is 13. The third kappa shape index (κ3) is 4.62. The molecule has 38 heavy (non-hydrogen) atoms. The molecule has 0 atom stereocenters. The minimum atomic E-state index is -8.04. The molecule has 0 spiro atoms. The van der Waals surface area contributed by atoms with Gasteiger partial charge in [0.25, 0.3) is 11.4 Å². The summed E-state index contributed by atoms with van der Waals surface area (Å²) in [6.45, 7) is 0. The van der Waals surface area contributed by atoms with Crippen LogP contribution in [0.1, 0.15) is 5.56 Å². The molecule has 0 aliphatic heterocycles. The smallest absolute Gasteiger partial charge is 0.350 e. The second-order valence-corrected chi connectivity index (χ2v) is 7.29. The minimum absolute atomic E-state index is 0.149. The van der Waals surface area contributed by atoms with E-state index in [1.807, 2.05) is 0 Å². The van der Waals surface area contributed by atoms with Gasteiger partial charge in [0.15, 0.2) is 0 Å². The van der Waals surface area contributed by atoms with Crippen molar-refractivity contribution >= 4 is 22.7 Å². The third-order valence-corrected chi connectivity index (χ3v) is 4.85. The van der Waals surface area contributed by atoms with Crippen molar-refractivity contribution in [3.8, 4) is 0 Å². The second kappa shape index (κ2) is 9.15. The molecule has 2 aromatic rings. The van der Waals surface area contributed by atoms with Crippen LogP contribution in [-0.2, 0) is 5.92 Å². The van der Waals surface area contributed by atoms with Gasteiger partial charge in [0.2, 0.25) is 0 Å². The molecule has 0 unspecified atom stereocenters. The number of nitrogens with zero attached hydrogens (tertiary/aromatic N) is 2. The fourth-order valence-electron chi connectivity index (χ4n) is 2.76. The van der Waals surface area contributed by atoms with Crippen LogP contribution in [-0.4, -0.2) is 39.7 Å². The zero-order valence-electron chi connectivity index (χ0n) is 17.5. The van der Waals surface area contributed by atoms with Crippen LogP contribution in [0, 0.1) is 20.2 Å². The highest BCUT2D eigenvalue weighted by Crippen LogP contribution is 2.62. The topological polar surface area (TPSA) is 98.3 Å². The minimum Gasteiger partial charge on any atom is -0.350 e. The number of anilines is 2. The zero-order valence-corrected chi connectivity index (χ0v) is 17.5. The number of rotatable bonds is 9. The average molecular weight is 577 g/mol. The lowest BCUT2D eigenvalue weighted by molar-refractivity contribution is -0.441. The second-order valence-electron chi connectivity index (χ2n) is 7.29. The highest BCUT2D eigenvalue weighted by Gasteiger charge is 2.90. The number of non-ortho nitro benzene ring substituents is 1. The first-order chi connectivity index (χ1) is 16.9. The summed E-state index contributed by atoms with van der Waals surface area (Å²) in [6, 6.07) is 2.35. The van der Waals surface area contributed by atoms with Crippen LogP contribution in [0.15, 0.2) is 42.5 Å². The Morgan fingerprint density at radius 2 is 1.08 bits per heavy atom. The van der Waals surface area contributed by atoms with Gasteiger partial charge in [0.05, 0.1) is 15.9 Å². The summed E-state index contributed by atoms with van der Waals surface area (Å²) >= 11 is 0. The van der Waals surface area contributed by atoms with Crippen LogP contribution in [0.25, 0.3) is 0 Å². The van der Waals surface area contributed by atoms with E-state index in [0.717, 1.165) is 12.1 Å². The van der Waals surface area contributed by atoms with Crippen molar-refractivity contribution < 1.29 is 66.9 Å². The Hall–Kier alpha value is -3.87. The molecule has 1 N–H and O–H groups in total. The lowest BCUT2D eigenvalue weighted by Gasteiger charge is -2.39. The van der Waals surface area contributed by atoms with E-state index in [-0.39, 0.29) is 12.1 Å². The van der Waals surface area contributed by atoms with Crippen molar-refractivity contribution in [2.24, 2.45) is 0 Å². The molecule has 0 aliphatic rings. The maximum absolute atomic E-state index is 14.2. The van der Waals surface area contributed by atoms with Gasteiger partial charge in [-0.1, -0.05) is 12.1 Å². The van der Waals surface area contributed by atoms with E-state index >= 15 is 0 Å². The molecule has 2 aromatic carbocycles. The summed E-state index contributed by atoms with van der Waals surface area (Å²) in [6.07, 6.45) is -7.53. The SMILES string of the molecule is O=[N+]([O-])c1ccc(Nc2ccc(C(F)(F)C(F)(F)C(F)(F)C(F)(F)C(F)(F)C(F)(F)F)cc2)c([N+](=O)[O-])c1. The fraction of sp³-hybridized carbons (Fsp3) is 0.333. The van der Waals surface area contributed by atoms with Gasteiger partial charge in [-0.25, -0.2) is 0 Å². The van der Waals surface area contributed by atoms with Gasteiger partial charge in [0.1, 0.15) is 5.69 Å². The Morgan fingerprint density at radius 1 is 0.605 bits per heavy atom. The number of hydrogen-bond acceptors (Lipinski definition) is 5. The summed E-state index contributed by atoms with van der Waals surface area (Å²) in [5.74, 6) is -37.8. The molecule has 20 heteroatoms. The quantitative estimate of drug-likeness (QED) is 0.190. The molecule has 0 saturated heterocycles. The highest BCUT2D eigenvalue weighted by molar-refractivity contribution is 5.71. The lowest BCUT2D eigenvalue weighted by Crippen LogP contribution is -2.69. The third-order valence-electron chi connectivity index (χ3n) is 4.85. The van der Waals surface area contributed by atoms with Gasteiger partial charge in [-0.15, -0.1) is 0 Å². The molecule has 210 valence electrons. The molecule has 7 nitrogen and oxygen atoms in total. The average Bonchev–Trinajstić information content (AvgIpc) is 2.78. The number of hydrogen-bond donors (Lipinski definition) is 1. The molecule has 2 rings (SSSR count). The summed E-state index contributed by atoms with van der Waals surface area (Å²) < 4.78 is 173. The van der Waals surface area contributed by atoms with Gasteiger partial charge in [0, 0.05) is 17.3 Å². The van der Waals surface area contributed by atoms with Gasteiger partial charge in [-0.05, 0) is 18.2 Å². The van der Waals surface area contributed by atoms with E-state index in [1.54, 1.807) is 0 Å². The predicted octanol–water partition coefficient (Wildman–Crippen LogP) is 7.44. The van der Waals surface area contributed by atoms with Crippen LogP contribution < -0.4 is 5.32 Å². The van der Waals surface area contributed by atoms with Crippen LogP contribution in [0.4, 0.5) is 79.8 Å². The Bertz CT molecular complexity index is 1230. The summed E-state index contributed by atoms with van der Waals surface area (Å²) in [5.41, 5.74) is -5.01. The van der Waals surface area contributed by atoms with Gasteiger partial charge in [-0.3, -0.25) is 20.2 Å². The van der Waals surface area contributed by atoms with Crippen LogP contribution in [0.3, 0.4) is 0 Å². The number of nitro benzene ring substituents is 2. The number of alkyl halides is 13. The Kier molecular flexibility index (Phi) is 7.31. The lowest BCUT2D eigenvalue weighted by atomic mass is 9.90. The van der Waals surface area contributed by atoms with Crippen molar-refractivity contribution in [1.29, 1.82) is 0 Å². The van der Waals surface area contributed by atoms with E-state index < -0.39 is 73.9 Å². The van der Waals surface area contributed by atoms with Crippen molar-refractivity contribution in [3.63, 3.8) is 0 Å². The molecule has 0 fully saturated rings. The standard InChI is InChI=1S/C18H8F13N3O4/c19-13(20,14(21,22)15(23,24)16(25,26)17(27,28)18(29,30)31)8-1-3-9(4-2-8)32-11-6-5-10(33(35)36)7-12(11)34(37)38/h1-7,32H. The van der Waals surface area contributed by atoms with E-state index in [2.05, 4.69) is 5.32 Å². The summed E-state index contributed by atoms with van der Waals surface area (Å²) in [4.78, 5) is 19.7. The summed E-state index contributed by atoms with van der Waals surface area (Å²) in [5, 5.41) is 24.0. The van der Waals surface area contributed by atoms with Gasteiger partial charge in [-0.2, -0.15) is 57.1 Å². The largest absolute Gasteiger partial charge is 0.460 e. The molecule has 0 aromatic heterocycles. The molecule has 0 aliphatic carbocycles. The maximum Gasteiger partial charge on any atom is 0.460 e. The van der Waals surface area contributed by atoms with Crippen LogP contribution >= 0.6 is 0 Å². The molecule has 0 bridgehead atoms. The van der Waals surface area contributed by atoms with Crippen molar-refractivity contribution in [2.45, 2.75) is 35.8 Å². The van der Waals surface area contributed by atoms with Crippen molar-refractivity contribution in [3.05, 3.63) is 68.3 Å². The zero-order chi connectivity index (χ0) is 29.7. The normalized spacial score (nSPS) is 13.8. The molecular weight excluding hydrogens is 569 g/mol. The van der Waals surface area contributed by atoms with Crippen molar-refractivity contribution in [1.82, 2.24) is 0 Å². The number of nitrogens with one attached hydrogen (secondary N) is 1. The predicted molar refractivity (Wildman–Crippen MR) is 99.2 cm³/mol. The monoisotopic (exact) mass is 577 g/mol. The van der Waals surface area contributed by atoms with Crippen LogP contribution in [0.2, 0.25) is 0 Å². The van der Waals surface area contributed by atoms with E-state index in [0.29, 0.717) is 18.2 Å². The van der Waals surface area contributed by atoms with Crippen molar-refractivity contribution in [2.75, 3.05) is 5.32 Å². The number of nitro groups is 2. The highest BCUT2D eigenvalue weighted by atomic mass is 19.4. The first kappa shape index (κ1) is 30.4. The van der Waals surface area contributed by atoms with Gasteiger partial charge >= 0.3 is 35.8 Å². The first-order valence-corrected chi connectivity index (χ1v) is 9.19. The maximum atomic E-state index is 14.2. The Morgan fingerprint density at radius 3 is 1.50 bits per heavy atom. The molecular formula is C18H8F13N3O4. The Balaban J connectivity index is 2.46. The summed E-state index contributed by atoms with van der Waals surface area (Å²) in [7, 11) is 0. The van der Waals surface area contributed by atoms with E-state index in [9.17, 15) is 77.3 Å². The van der Waals surface area contributed by atoms with E-state index in [4.69, 9.17) is 0 Å². The van der Waals surface area contributed by atoms with E-state index in [1.165, 1.54) is 0 Å².